The first kappa shape index (κ1) is 19.3. The van der Waals surface area contributed by atoms with Gasteiger partial charge in [0.1, 0.15) is 6.04 Å². The van der Waals surface area contributed by atoms with Gasteiger partial charge in [-0.2, -0.15) is 0 Å². The first-order valence-electron chi connectivity index (χ1n) is 10.7. The average molecular weight is 386 g/mol. The maximum atomic E-state index is 5.82. The van der Waals surface area contributed by atoms with Crippen LogP contribution in [0.1, 0.15) is 45.0 Å². The zero-order valence-corrected chi connectivity index (χ0v) is 17.1. The van der Waals surface area contributed by atoms with Gasteiger partial charge in [0.05, 0.1) is 38.8 Å². The number of para-hydroxylation sites is 1. The molecule has 7 nitrogen and oxygen atoms in total. The van der Waals surface area contributed by atoms with Crippen LogP contribution in [0.2, 0.25) is 0 Å². The summed E-state index contributed by atoms with van der Waals surface area (Å²) in [5, 5.41) is 12.8. The van der Waals surface area contributed by atoms with E-state index in [9.17, 15) is 0 Å². The minimum atomic E-state index is 0.256. The first-order chi connectivity index (χ1) is 13.7. The molecule has 1 aromatic heterocycles. The van der Waals surface area contributed by atoms with Crippen LogP contribution in [0.15, 0.2) is 30.3 Å². The van der Waals surface area contributed by atoms with Gasteiger partial charge in [0, 0.05) is 18.7 Å². The molecule has 28 heavy (non-hydrogen) atoms. The van der Waals surface area contributed by atoms with Gasteiger partial charge in [-0.1, -0.05) is 32.0 Å². The van der Waals surface area contributed by atoms with E-state index < -0.39 is 0 Å². The molecule has 152 valence electrons. The lowest BCUT2D eigenvalue weighted by atomic mass is 10.0. The SMILES string of the molecule is CC(C)C[C@H](c1nnnn1C[C@@H]1CCCO1)[NH+]1CCN(c2ccccc2)CC1. The summed E-state index contributed by atoms with van der Waals surface area (Å²) < 4.78 is 7.83. The van der Waals surface area contributed by atoms with Gasteiger partial charge in [0.25, 0.3) is 0 Å². The second kappa shape index (κ2) is 9.01. The minimum Gasteiger partial charge on any atom is -0.376 e. The molecule has 2 aliphatic heterocycles. The van der Waals surface area contributed by atoms with Crippen molar-refractivity contribution in [2.75, 3.05) is 37.7 Å². The van der Waals surface area contributed by atoms with Crippen molar-refractivity contribution in [3.8, 4) is 0 Å². The molecule has 1 aromatic carbocycles. The molecular weight excluding hydrogens is 352 g/mol. The molecule has 2 aromatic rings. The predicted octanol–water partition coefficient (Wildman–Crippen LogP) is 1.34. The van der Waals surface area contributed by atoms with E-state index in [0.29, 0.717) is 12.0 Å². The van der Waals surface area contributed by atoms with E-state index in [-0.39, 0.29) is 6.10 Å². The summed E-state index contributed by atoms with van der Waals surface area (Å²) in [6.07, 6.45) is 3.61. The van der Waals surface area contributed by atoms with E-state index in [1.54, 1.807) is 4.90 Å². The van der Waals surface area contributed by atoms with Gasteiger partial charge in [-0.25, -0.2) is 4.68 Å². The number of quaternary nitrogens is 1. The molecule has 1 N–H and O–H groups in total. The third-order valence-corrected chi connectivity index (χ3v) is 6.00. The van der Waals surface area contributed by atoms with Crippen molar-refractivity contribution in [2.45, 2.75) is 51.8 Å². The van der Waals surface area contributed by atoms with Gasteiger partial charge >= 0.3 is 0 Å². The minimum absolute atomic E-state index is 0.256. The summed E-state index contributed by atoms with van der Waals surface area (Å²) >= 11 is 0. The molecule has 0 amide bonds. The first-order valence-corrected chi connectivity index (χ1v) is 10.7. The van der Waals surface area contributed by atoms with Crippen molar-refractivity contribution in [3.05, 3.63) is 36.2 Å². The summed E-state index contributed by atoms with van der Waals surface area (Å²) in [6, 6.07) is 11.1. The number of ether oxygens (including phenoxy) is 1. The smallest absolute Gasteiger partial charge is 0.209 e. The normalized spacial score (nSPS) is 22.1. The standard InChI is InChI=1S/C21H32N6O/c1-17(2)15-20(21-22-23-24-27(21)16-19-9-6-14-28-19)26-12-10-25(11-13-26)18-7-4-3-5-8-18/h3-5,7-8,17,19-20H,6,9-16H2,1-2H3/p+1/t19-,20+/m0/s1. The number of benzene rings is 1. The fourth-order valence-corrected chi connectivity index (χ4v) is 4.54. The fourth-order valence-electron chi connectivity index (χ4n) is 4.54. The molecule has 0 spiro atoms. The summed E-state index contributed by atoms with van der Waals surface area (Å²) in [5.41, 5.74) is 1.32. The lowest BCUT2D eigenvalue weighted by Crippen LogP contribution is -3.15. The van der Waals surface area contributed by atoms with Crippen LogP contribution in [0.4, 0.5) is 5.69 Å². The van der Waals surface area contributed by atoms with Crippen molar-refractivity contribution < 1.29 is 9.64 Å². The maximum absolute atomic E-state index is 5.82. The molecule has 0 aliphatic carbocycles. The molecule has 0 bridgehead atoms. The second-order valence-electron chi connectivity index (χ2n) is 8.52. The maximum Gasteiger partial charge on any atom is 0.209 e. The van der Waals surface area contributed by atoms with Gasteiger partial charge in [-0.3, -0.25) is 0 Å². The number of nitrogens with zero attached hydrogens (tertiary/aromatic N) is 5. The van der Waals surface area contributed by atoms with Crippen molar-refractivity contribution in [1.29, 1.82) is 0 Å². The number of tetrazole rings is 1. The zero-order chi connectivity index (χ0) is 19.3. The van der Waals surface area contributed by atoms with Crippen LogP contribution in [-0.2, 0) is 11.3 Å². The van der Waals surface area contributed by atoms with Crippen molar-refractivity contribution >= 4 is 5.69 Å². The van der Waals surface area contributed by atoms with Gasteiger partial charge in [-0.05, 0) is 41.3 Å². The van der Waals surface area contributed by atoms with Crippen LogP contribution < -0.4 is 9.80 Å². The molecule has 0 unspecified atom stereocenters. The molecule has 0 radical (unpaired) electrons. The molecule has 2 aliphatic rings. The van der Waals surface area contributed by atoms with E-state index in [4.69, 9.17) is 4.74 Å². The highest BCUT2D eigenvalue weighted by molar-refractivity contribution is 5.46. The monoisotopic (exact) mass is 385 g/mol. The lowest BCUT2D eigenvalue weighted by molar-refractivity contribution is -0.934. The molecule has 2 atom stereocenters. The van der Waals surface area contributed by atoms with Crippen LogP contribution in [0.25, 0.3) is 0 Å². The number of aromatic nitrogens is 4. The van der Waals surface area contributed by atoms with Crippen LogP contribution in [0, 0.1) is 5.92 Å². The average Bonchev–Trinajstić information content (AvgIpc) is 3.39. The van der Waals surface area contributed by atoms with E-state index >= 15 is 0 Å². The van der Waals surface area contributed by atoms with Crippen molar-refractivity contribution in [1.82, 2.24) is 20.2 Å². The van der Waals surface area contributed by atoms with Crippen LogP contribution in [0.3, 0.4) is 0 Å². The lowest BCUT2D eigenvalue weighted by Gasteiger charge is -2.37. The highest BCUT2D eigenvalue weighted by Crippen LogP contribution is 2.20. The van der Waals surface area contributed by atoms with Gasteiger partial charge in [0.15, 0.2) is 0 Å². The summed E-state index contributed by atoms with van der Waals surface area (Å²) in [5.74, 6) is 1.64. The quantitative estimate of drug-likeness (QED) is 0.780. The van der Waals surface area contributed by atoms with E-state index in [2.05, 4.69) is 64.6 Å². The Morgan fingerprint density at radius 1 is 1.18 bits per heavy atom. The summed E-state index contributed by atoms with van der Waals surface area (Å²) in [6.45, 7) is 10.6. The van der Waals surface area contributed by atoms with Crippen LogP contribution in [-0.4, -0.2) is 59.1 Å². The Hall–Kier alpha value is -1.99. The molecular formula is C21H33N6O+. The van der Waals surface area contributed by atoms with Gasteiger partial charge in [-0.15, -0.1) is 5.10 Å². The van der Waals surface area contributed by atoms with Gasteiger partial charge in [0.2, 0.25) is 5.82 Å². The summed E-state index contributed by atoms with van der Waals surface area (Å²) in [7, 11) is 0. The Morgan fingerprint density at radius 2 is 1.96 bits per heavy atom. The van der Waals surface area contributed by atoms with Gasteiger partial charge < -0.3 is 14.5 Å². The third-order valence-electron chi connectivity index (χ3n) is 6.00. The zero-order valence-electron chi connectivity index (χ0n) is 17.1. The molecule has 0 saturated carbocycles. The fraction of sp³-hybridized carbons (Fsp3) is 0.667. The molecule has 7 heteroatoms. The Balaban J connectivity index is 1.46. The highest BCUT2D eigenvalue weighted by atomic mass is 16.5. The number of nitrogens with one attached hydrogen (secondary N) is 1. The molecule has 3 heterocycles. The van der Waals surface area contributed by atoms with E-state index in [0.717, 1.165) is 64.4 Å². The Bertz CT molecular complexity index is 720. The Labute approximate surface area is 167 Å². The van der Waals surface area contributed by atoms with Crippen molar-refractivity contribution in [3.63, 3.8) is 0 Å². The highest BCUT2D eigenvalue weighted by Gasteiger charge is 2.34. The third kappa shape index (κ3) is 4.52. The number of anilines is 1. The number of rotatable bonds is 7. The summed E-state index contributed by atoms with van der Waals surface area (Å²) in [4.78, 5) is 4.09. The Kier molecular flexibility index (Phi) is 6.22. The number of hydrogen-bond donors (Lipinski definition) is 1. The van der Waals surface area contributed by atoms with Crippen LogP contribution in [0.5, 0.6) is 0 Å². The van der Waals surface area contributed by atoms with Crippen LogP contribution >= 0.6 is 0 Å². The molecule has 4 rings (SSSR count). The predicted molar refractivity (Wildman–Crippen MR) is 108 cm³/mol. The second-order valence-corrected chi connectivity index (χ2v) is 8.52. The molecule has 2 fully saturated rings. The van der Waals surface area contributed by atoms with E-state index in [1.165, 1.54) is 5.69 Å². The largest absolute Gasteiger partial charge is 0.376 e. The number of hydrogen-bond acceptors (Lipinski definition) is 5. The number of piperazine rings is 1. The Morgan fingerprint density at radius 3 is 2.64 bits per heavy atom. The topological polar surface area (TPSA) is 60.5 Å². The van der Waals surface area contributed by atoms with Crippen molar-refractivity contribution in [2.24, 2.45) is 5.92 Å². The van der Waals surface area contributed by atoms with E-state index in [1.807, 2.05) is 4.68 Å². The molecule has 2 saturated heterocycles.